The summed E-state index contributed by atoms with van der Waals surface area (Å²) in [7, 11) is 0. The Labute approximate surface area is 115 Å². The van der Waals surface area contributed by atoms with Gasteiger partial charge in [-0.25, -0.2) is 4.79 Å². The maximum absolute atomic E-state index is 13.3. The van der Waals surface area contributed by atoms with Crippen LogP contribution in [0.4, 0.5) is 8.78 Å². The molecule has 0 radical (unpaired) electrons. The monoisotopic (exact) mass is 360 g/mol. The van der Waals surface area contributed by atoms with Gasteiger partial charge in [0.15, 0.2) is 0 Å². The molecule has 0 amide bonds. The van der Waals surface area contributed by atoms with Crippen LogP contribution in [0.5, 0.6) is 0 Å². The van der Waals surface area contributed by atoms with Gasteiger partial charge in [-0.1, -0.05) is 26.2 Å². The number of carbonyl (C=O) groups excluding carboxylic acids is 1. The first kappa shape index (κ1) is 16.8. The molecule has 0 unspecified atom stereocenters. The van der Waals surface area contributed by atoms with Crippen molar-refractivity contribution in [2.45, 2.75) is 51.9 Å². The van der Waals surface area contributed by atoms with Crippen molar-refractivity contribution in [3.63, 3.8) is 0 Å². The predicted molar refractivity (Wildman–Crippen MR) is 72.4 cm³/mol. The number of hydrogen-bond acceptors (Lipinski definition) is 2. The zero-order chi connectivity index (χ0) is 13.3. The maximum Gasteiger partial charge on any atom is 0.381 e. The molecule has 0 N–H and O–H groups in total. The number of halogens is 3. The number of alkyl halides is 2. The molecule has 0 atom stereocenters. The zero-order valence-corrected chi connectivity index (χ0v) is 12.4. The summed E-state index contributed by atoms with van der Waals surface area (Å²) in [6, 6.07) is 0. The van der Waals surface area contributed by atoms with Gasteiger partial charge in [-0.3, -0.25) is 0 Å². The number of ether oxygens (including phenoxy) is 1. The molecule has 0 aliphatic carbocycles. The molecule has 0 saturated heterocycles. The quantitative estimate of drug-likeness (QED) is 0.363. The Kier molecular flexibility index (Phi) is 8.72. The van der Waals surface area contributed by atoms with Gasteiger partial charge in [-0.2, -0.15) is 8.78 Å². The minimum absolute atomic E-state index is 0.0324. The minimum Gasteiger partial charge on any atom is -0.461 e. The van der Waals surface area contributed by atoms with E-state index in [-0.39, 0.29) is 6.61 Å². The van der Waals surface area contributed by atoms with Gasteiger partial charge in [0.1, 0.15) is 0 Å². The van der Waals surface area contributed by atoms with Crippen molar-refractivity contribution in [1.29, 1.82) is 0 Å². The summed E-state index contributed by atoms with van der Waals surface area (Å²) >= 11 is 1.85. The second-order valence-corrected chi connectivity index (χ2v) is 5.13. The molecule has 0 spiro atoms. The average Bonchev–Trinajstić information content (AvgIpc) is 2.24. The molecule has 0 bridgehead atoms. The standard InChI is InChI=1S/C12H19F2IO2/c1-3-5-6-7-8-10(15)9-12(13,14)11(16)17-4-2/h9H,3-8H2,1-2H3/b10-9-. The highest BCUT2D eigenvalue weighted by atomic mass is 127. The molecule has 0 fully saturated rings. The molecule has 17 heavy (non-hydrogen) atoms. The van der Waals surface area contributed by atoms with Gasteiger partial charge in [0, 0.05) is 6.08 Å². The highest BCUT2D eigenvalue weighted by Gasteiger charge is 2.38. The van der Waals surface area contributed by atoms with Crippen molar-refractivity contribution in [3.8, 4) is 0 Å². The molecule has 0 aromatic rings. The lowest BCUT2D eigenvalue weighted by molar-refractivity contribution is -0.164. The van der Waals surface area contributed by atoms with E-state index in [0.717, 1.165) is 25.7 Å². The number of unbranched alkanes of at least 4 members (excludes halogenated alkanes) is 3. The third-order valence-corrected chi connectivity index (χ3v) is 3.01. The lowest BCUT2D eigenvalue weighted by Gasteiger charge is -2.11. The molecule has 5 heteroatoms. The molecule has 0 aliphatic heterocycles. The Hall–Kier alpha value is -0.200. The summed E-state index contributed by atoms with van der Waals surface area (Å²) in [6.07, 6.45) is 5.42. The molecule has 0 aliphatic rings. The molecular formula is C12H19F2IO2. The summed E-state index contributed by atoms with van der Waals surface area (Å²) in [4.78, 5) is 11.0. The normalized spacial score (nSPS) is 12.6. The van der Waals surface area contributed by atoms with E-state index in [1.54, 1.807) is 0 Å². The third kappa shape index (κ3) is 7.68. The van der Waals surface area contributed by atoms with Crippen LogP contribution in [0.25, 0.3) is 0 Å². The summed E-state index contributed by atoms with van der Waals surface area (Å²) in [6.45, 7) is 3.57. The van der Waals surface area contributed by atoms with Crippen molar-refractivity contribution >= 4 is 28.6 Å². The van der Waals surface area contributed by atoms with Gasteiger partial charge < -0.3 is 4.74 Å². The van der Waals surface area contributed by atoms with Crippen LogP contribution >= 0.6 is 22.6 Å². The van der Waals surface area contributed by atoms with Gasteiger partial charge >= 0.3 is 11.9 Å². The van der Waals surface area contributed by atoms with E-state index < -0.39 is 11.9 Å². The zero-order valence-electron chi connectivity index (χ0n) is 10.3. The fourth-order valence-corrected chi connectivity index (χ4v) is 2.05. The van der Waals surface area contributed by atoms with Crippen molar-refractivity contribution in [2.24, 2.45) is 0 Å². The first-order chi connectivity index (χ1) is 7.94. The highest BCUT2D eigenvalue weighted by molar-refractivity contribution is 14.1. The molecular weight excluding hydrogens is 341 g/mol. The Morgan fingerprint density at radius 3 is 2.47 bits per heavy atom. The minimum atomic E-state index is -3.50. The van der Waals surface area contributed by atoms with Crippen LogP contribution in [0.15, 0.2) is 9.66 Å². The first-order valence-corrected chi connectivity index (χ1v) is 6.94. The highest BCUT2D eigenvalue weighted by Crippen LogP contribution is 2.25. The molecule has 100 valence electrons. The molecule has 0 heterocycles. The van der Waals surface area contributed by atoms with Crippen LogP contribution in [0, 0.1) is 0 Å². The van der Waals surface area contributed by atoms with Crippen LogP contribution in [0.2, 0.25) is 0 Å². The maximum atomic E-state index is 13.3. The first-order valence-electron chi connectivity index (χ1n) is 5.86. The van der Waals surface area contributed by atoms with E-state index in [9.17, 15) is 13.6 Å². The van der Waals surface area contributed by atoms with Gasteiger partial charge in [-0.05, 0) is 45.9 Å². The van der Waals surface area contributed by atoms with Crippen molar-refractivity contribution < 1.29 is 18.3 Å². The molecule has 2 nitrogen and oxygen atoms in total. The summed E-state index contributed by atoms with van der Waals surface area (Å²) in [5.74, 6) is -4.97. The number of esters is 1. The van der Waals surface area contributed by atoms with E-state index in [2.05, 4.69) is 11.7 Å². The largest absolute Gasteiger partial charge is 0.461 e. The lowest BCUT2D eigenvalue weighted by Crippen LogP contribution is -2.28. The fourth-order valence-electron chi connectivity index (χ4n) is 1.28. The number of hydrogen-bond donors (Lipinski definition) is 0. The van der Waals surface area contributed by atoms with Crippen LogP contribution in [0.3, 0.4) is 0 Å². The van der Waals surface area contributed by atoms with E-state index in [0.29, 0.717) is 16.1 Å². The number of allylic oxidation sites excluding steroid dienone is 1. The lowest BCUT2D eigenvalue weighted by atomic mass is 10.1. The Bertz CT molecular complexity index is 265. The predicted octanol–water partition coefficient (Wildman–Crippen LogP) is 4.47. The van der Waals surface area contributed by atoms with E-state index in [1.807, 2.05) is 22.6 Å². The van der Waals surface area contributed by atoms with Crippen LogP contribution in [0.1, 0.15) is 46.0 Å². The van der Waals surface area contributed by atoms with Crippen molar-refractivity contribution in [1.82, 2.24) is 0 Å². The average molecular weight is 360 g/mol. The second kappa shape index (κ2) is 8.83. The Morgan fingerprint density at radius 1 is 1.29 bits per heavy atom. The fraction of sp³-hybridized carbons (Fsp3) is 0.750. The molecule has 0 aromatic carbocycles. The van der Waals surface area contributed by atoms with E-state index in [1.165, 1.54) is 6.92 Å². The van der Waals surface area contributed by atoms with E-state index >= 15 is 0 Å². The van der Waals surface area contributed by atoms with Crippen LogP contribution < -0.4 is 0 Å². The van der Waals surface area contributed by atoms with Gasteiger partial charge in [0.25, 0.3) is 0 Å². The van der Waals surface area contributed by atoms with Crippen molar-refractivity contribution in [3.05, 3.63) is 9.66 Å². The summed E-state index contributed by atoms with van der Waals surface area (Å²) in [5, 5.41) is 0. The number of carbonyl (C=O) groups is 1. The Morgan fingerprint density at radius 2 is 1.94 bits per heavy atom. The topological polar surface area (TPSA) is 26.3 Å². The van der Waals surface area contributed by atoms with Gasteiger partial charge in [0.2, 0.25) is 0 Å². The second-order valence-electron chi connectivity index (χ2n) is 3.75. The summed E-state index contributed by atoms with van der Waals surface area (Å²) < 4.78 is 31.4. The Balaban J connectivity index is 4.19. The third-order valence-electron chi connectivity index (χ3n) is 2.15. The van der Waals surface area contributed by atoms with Crippen LogP contribution in [-0.2, 0) is 9.53 Å². The van der Waals surface area contributed by atoms with E-state index in [4.69, 9.17) is 0 Å². The van der Waals surface area contributed by atoms with Crippen LogP contribution in [-0.4, -0.2) is 18.5 Å². The molecule has 0 rings (SSSR count). The van der Waals surface area contributed by atoms with Gasteiger partial charge in [-0.15, -0.1) is 0 Å². The summed E-state index contributed by atoms with van der Waals surface area (Å²) in [5.41, 5.74) is 0. The van der Waals surface area contributed by atoms with Gasteiger partial charge in [0.05, 0.1) is 6.61 Å². The SMILES string of the molecule is CCCCCC/C(I)=C/C(F)(F)C(=O)OCC. The molecule has 0 aromatic heterocycles. The smallest absolute Gasteiger partial charge is 0.381 e. The molecule has 0 saturated carbocycles. The number of rotatable bonds is 8. The van der Waals surface area contributed by atoms with Crippen molar-refractivity contribution in [2.75, 3.05) is 6.61 Å².